The third kappa shape index (κ3) is 2.94. The molecule has 0 bridgehead atoms. The molecule has 3 aliphatic rings. The molecule has 1 aromatic carbocycles. The molecule has 1 N–H and O–H groups in total. The van der Waals surface area contributed by atoms with Crippen molar-refractivity contribution in [1.82, 2.24) is 10.2 Å². The molecule has 146 valence electrons. The van der Waals surface area contributed by atoms with Crippen molar-refractivity contribution in [2.45, 2.75) is 30.1 Å². The fraction of sp³-hybridized carbons (Fsp3) is 0.381. The van der Waals surface area contributed by atoms with Crippen LogP contribution in [0.15, 0.2) is 51.7 Å². The van der Waals surface area contributed by atoms with E-state index < -0.39 is 11.9 Å². The van der Waals surface area contributed by atoms with Gasteiger partial charge in [0.1, 0.15) is 5.70 Å². The number of fused-ring (bicyclic) bond motifs is 2. The predicted octanol–water partition coefficient (Wildman–Crippen LogP) is 2.37. The van der Waals surface area contributed by atoms with E-state index in [4.69, 9.17) is 4.74 Å². The van der Waals surface area contributed by atoms with Gasteiger partial charge in [0.15, 0.2) is 5.78 Å². The van der Waals surface area contributed by atoms with E-state index in [1.807, 2.05) is 35.4 Å². The Labute approximate surface area is 168 Å². The minimum Gasteiger partial charge on any atom is -0.466 e. The summed E-state index contributed by atoms with van der Waals surface area (Å²) in [7, 11) is 1.31. The van der Waals surface area contributed by atoms with Gasteiger partial charge < -0.3 is 15.0 Å². The standard InChI is InChI=1S/C21H22N2O4S/c1-27-21(26)18-16(12-6-8-13(28-2)9-7-12)17-14(4-3-5-15(17)24)23-11-10-22-20(25)19(18)23/h6-9,16H,3-5,10-11H2,1-2H3,(H,22,25)/t16-/m0/s1. The zero-order valence-electron chi connectivity index (χ0n) is 15.9. The molecule has 1 amide bonds. The van der Waals surface area contributed by atoms with Gasteiger partial charge in [-0.3, -0.25) is 9.59 Å². The zero-order valence-corrected chi connectivity index (χ0v) is 16.7. The highest BCUT2D eigenvalue weighted by molar-refractivity contribution is 7.98. The first-order valence-electron chi connectivity index (χ1n) is 9.35. The molecule has 2 aliphatic heterocycles. The molecule has 1 atom stereocenters. The lowest BCUT2D eigenvalue weighted by Crippen LogP contribution is -2.50. The van der Waals surface area contributed by atoms with Gasteiger partial charge in [0.25, 0.3) is 5.91 Å². The lowest BCUT2D eigenvalue weighted by molar-refractivity contribution is -0.137. The van der Waals surface area contributed by atoms with E-state index in [1.165, 1.54) is 7.11 Å². The number of piperazine rings is 1. The predicted molar refractivity (Wildman–Crippen MR) is 106 cm³/mol. The Bertz CT molecular complexity index is 917. The second kappa shape index (κ2) is 7.47. The number of ether oxygens (including phenoxy) is 1. The molecule has 0 unspecified atom stereocenters. The van der Waals surface area contributed by atoms with Gasteiger partial charge in [0, 0.05) is 41.6 Å². The fourth-order valence-corrected chi connectivity index (χ4v) is 4.74. The number of ketones is 1. The Balaban J connectivity index is 1.97. The van der Waals surface area contributed by atoms with Crippen LogP contribution in [0.4, 0.5) is 0 Å². The third-order valence-electron chi connectivity index (χ3n) is 5.55. The summed E-state index contributed by atoms with van der Waals surface area (Å²) >= 11 is 1.62. The number of esters is 1. The SMILES string of the molecule is COC(=O)C1=C2C(=O)NCCN2C2=C(C(=O)CCC2)[C@@H]1c1ccc(SC)cc1. The highest BCUT2D eigenvalue weighted by Gasteiger charge is 2.45. The molecule has 0 spiro atoms. The van der Waals surface area contributed by atoms with Crippen molar-refractivity contribution in [2.75, 3.05) is 26.5 Å². The Morgan fingerprint density at radius 1 is 1.21 bits per heavy atom. The number of allylic oxidation sites excluding steroid dienone is 2. The summed E-state index contributed by atoms with van der Waals surface area (Å²) in [5, 5.41) is 2.83. The molecule has 1 aliphatic carbocycles. The van der Waals surface area contributed by atoms with Crippen LogP contribution < -0.4 is 5.32 Å². The number of hydrogen-bond acceptors (Lipinski definition) is 6. The van der Waals surface area contributed by atoms with Crippen LogP contribution in [0.2, 0.25) is 0 Å². The van der Waals surface area contributed by atoms with Gasteiger partial charge in [-0.1, -0.05) is 12.1 Å². The largest absolute Gasteiger partial charge is 0.466 e. The van der Waals surface area contributed by atoms with E-state index in [-0.39, 0.29) is 17.3 Å². The van der Waals surface area contributed by atoms with Crippen molar-refractivity contribution in [1.29, 1.82) is 0 Å². The molecular weight excluding hydrogens is 376 g/mol. The molecule has 0 saturated carbocycles. The second-order valence-electron chi connectivity index (χ2n) is 7.00. The van der Waals surface area contributed by atoms with Crippen molar-refractivity contribution in [3.63, 3.8) is 0 Å². The van der Waals surface area contributed by atoms with Gasteiger partial charge in [0.05, 0.1) is 12.7 Å². The average Bonchev–Trinajstić information content (AvgIpc) is 2.73. The van der Waals surface area contributed by atoms with Gasteiger partial charge in [-0.2, -0.15) is 0 Å². The van der Waals surface area contributed by atoms with Crippen LogP contribution in [0.25, 0.3) is 0 Å². The monoisotopic (exact) mass is 398 g/mol. The van der Waals surface area contributed by atoms with Crippen molar-refractivity contribution in [2.24, 2.45) is 0 Å². The average molecular weight is 398 g/mol. The van der Waals surface area contributed by atoms with Crippen molar-refractivity contribution >= 4 is 29.4 Å². The van der Waals surface area contributed by atoms with Gasteiger partial charge in [-0.15, -0.1) is 11.8 Å². The molecule has 6 nitrogen and oxygen atoms in total. The molecule has 1 saturated heterocycles. The number of carbonyl (C=O) groups is 3. The topological polar surface area (TPSA) is 75.7 Å². The van der Waals surface area contributed by atoms with E-state index >= 15 is 0 Å². The van der Waals surface area contributed by atoms with Gasteiger partial charge >= 0.3 is 5.97 Å². The number of carbonyl (C=O) groups excluding carboxylic acids is 3. The van der Waals surface area contributed by atoms with Crippen LogP contribution in [0.1, 0.15) is 30.7 Å². The Kier molecular flexibility index (Phi) is 5.02. The molecule has 0 aromatic heterocycles. The van der Waals surface area contributed by atoms with Gasteiger partial charge in [-0.25, -0.2) is 4.79 Å². The third-order valence-corrected chi connectivity index (χ3v) is 6.29. The van der Waals surface area contributed by atoms with E-state index in [9.17, 15) is 14.4 Å². The molecule has 1 fully saturated rings. The highest BCUT2D eigenvalue weighted by atomic mass is 32.2. The van der Waals surface area contributed by atoms with Crippen molar-refractivity contribution in [3.05, 3.63) is 52.4 Å². The molecule has 0 radical (unpaired) electrons. The Morgan fingerprint density at radius 3 is 2.64 bits per heavy atom. The summed E-state index contributed by atoms with van der Waals surface area (Å²) in [5.74, 6) is -1.39. The number of nitrogens with zero attached hydrogens (tertiary/aromatic N) is 1. The maximum atomic E-state index is 13.0. The number of thioether (sulfide) groups is 1. The first kappa shape index (κ1) is 18.8. The smallest absolute Gasteiger partial charge is 0.337 e. The normalized spacial score (nSPS) is 21.9. The number of nitrogens with one attached hydrogen (secondary N) is 1. The maximum absolute atomic E-state index is 13.0. The van der Waals surface area contributed by atoms with Crippen LogP contribution >= 0.6 is 11.8 Å². The summed E-state index contributed by atoms with van der Waals surface area (Å²) < 4.78 is 5.06. The van der Waals surface area contributed by atoms with Crippen LogP contribution in [-0.4, -0.2) is 49.0 Å². The van der Waals surface area contributed by atoms with Gasteiger partial charge in [-0.05, 0) is 36.8 Å². The van der Waals surface area contributed by atoms with Crippen LogP contribution in [0.5, 0.6) is 0 Å². The molecule has 28 heavy (non-hydrogen) atoms. The van der Waals surface area contributed by atoms with E-state index in [0.717, 1.165) is 29.0 Å². The highest BCUT2D eigenvalue weighted by Crippen LogP contribution is 2.46. The summed E-state index contributed by atoms with van der Waals surface area (Å²) in [5.41, 5.74) is 2.93. The number of hydrogen-bond donors (Lipinski definition) is 1. The Hall–Kier alpha value is -2.54. The van der Waals surface area contributed by atoms with E-state index in [1.54, 1.807) is 11.8 Å². The minimum absolute atomic E-state index is 0.0478. The number of rotatable bonds is 3. The molecule has 2 heterocycles. The minimum atomic E-state index is -0.582. The van der Waals surface area contributed by atoms with E-state index in [0.29, 0.717) is 30.8 Å². The zero-order chi connectivity index (χ0) is 19.8. The van der Waals surface area contributed by atoms with Gasteiger partial charge in [0.2, 0.25) is 0 Å². The second-order valence-corrected chi connectivity index (χ2v) is 7.88. The summed E-state index contributed by atoms with van der Waals surface area (Å²) in [6, 6.07) is 7.81. The van der Waals surface area contributed by atoms with Crippen molar-refractivity contribution < 1.29 is 19.1 Å². The number of amides is 1. The summed E-state index contributed by atoms with van der Waals surface area (Å²) in [6.07, 6.45) is 3.94. The maximum Gasteiger partial charge on any atom is 0.337 e. The first-order valence-corrected chi connectivity index (χ1v) is 10.6. The van der Waals surface area contributed by atoms with Crippen LogP contribution in [0.3, 0.4) is 0 Å². The number of Topliss-reactive ketones (excluding diaryl/α,β-unsaturated/α-hetero) is 1. The van der Waals surface area contributed by atoms with Crippen LogP contribution in [0, 0.1) is 0 Å². The lowest BCUT2D eigenvalue weighted by Gasteiger charge is -2.43. The molecule has 1 aromatic rings. The van der Waals surface area contributed by atoms with E-state index in [2.05, 4.69) is 5.32 Å². The molecule has 7 heteroatoms. The van der Waals surface area contributed by atoms with Crippen molar-refractivity contribution in [3.8, 4) is 0 Å². The number of methoxy groups -OCH3 is 1. The lowest BCUT2D eigenvalue weighted by atomic mass is 9.74. The summed E-state index contributed by atoms with van der Waals surface area (Å²) in [4.78, 5) is 41.5. The Morgan fingerprint density at radius 2 is 1.96 bits per heavy atom. The first-order chi connectivity index (χ1) is 13.6. The quantitative estimate of drug-likeness (QED) is 0.622. The molecule has 4 rings (SSSR count). The number of benzene rings is 1. The summed E-state index contributed by atoms with van der Waals surface area (Å²) in [6.45, 7) is 1.03. The molecular formula is C21H22N2O4S. The van der Waals surface area contributed by atoms with Crippen LogP contribution in [-0.2, 0) is 19.1 Å². The fourth-order valence-electron chi connectivity index (χ4n) is 4.33.